The van der Waals surface area contributed by atoms with Crippen molar-refractivity contribution in [1.29, 1.82) is 0 Å². The Morgan fingerprint density at radius 3 is 1.54 bits per heavy atom. The minimum Gasteiger partial charge on any atom is -0.379 e. The molecule has 4 aliphatic heterocycles. The monoisotopic (exact) mass is 382 g/mol. The second kappa shape index (κ2) is 9.28. The highest BCUT2D eigenvalue weighted by atomic mass is 32.2. The molecule has 2 bridgehead atoms. The van der Waals surface area contributed by atoms with E-state index in [1.807, 2.05) is 0 Å². The van der Waals surface area contributed by atoms with Crippen LogP contribution in [0.25, 0.3) is 0 Å². The van der Waals surface area contributed by atoms with Crippen LogP contribution in [0.2, 0.25) is 0 Å². The molecule has 0 aromatic carbocycles. The third-order valence-electron chi connectivity index (χ3n) is 6.65. The molecule has 4 unspecified atom stereocenters. The number of morpholine rings is 2. The summed E-state index contributed by atoms with van der Waals surface area (Å²) in [5.74, 6) is 0. The van der Waals surface area contributed by atoms with Crippen molar-refractivity contribution < 1.29 is 13.7 Å². The molecule has 5 nitrogen and oxygen atoms in total. The molecule has 26 heavy (non-hydrogen) atoms. The highest BCUT2D eigenvalue weighted by molar-refractivity contribution is 7.86. The minimum absolute atomic E-state index is 0.341. The van der Waals surface area contributed by atoms with Gasteiger partial charge in [0, 0.05) is 49.1 Å². The smallest absolute Gasteiger partial charge is 0.0594 e. The molecule has 3 saturated heterocycles. The summed E-state index contributed by atoms with van der Waals surface area (Å²) in [6.45, 7) is 7.30. The fraction of sp³-hybridized carbons (Fsp3) is 0.900. The van der Waals surface area contributed by atoms with E-state index in [9.17, 15) is 4.21 Å². The first-order valence-corrected chi connectivity index (χ1v) is 11.8. The van der Waals surface area contributed by atoms with Crippen molar-refractivity contribution in [2.45, 2.75) is 61.1 Å². The third kappa shape index (κ3) is 4.25. The topological polar surface area (TPSA) is 42.0 Å². The van der Waals surface area contributed by atoms with Crippen molar-refractivity contribution >= 4 is 10.8 Å². The van der Waals surface area contributed by atoms with Crippen LogP contribution in [0.4, 0.5) is 0 Å². The minimum atomic E-state index is -0.730. The van der Waals surface area contributed by atoms with Gasteiger partial charge in [0.25, 0.3) is 0 Å². The molecule has 0 aliphatic carbocycles. The Labute approximate surface area is 160 Å². The van der Waals surface area contributed by atoms with Crippen LogP contribution in [0.3, 0.4) is 0 Å². The van der Waals surface area contributed by atoms with Crippen LogP contribution < -0.4 is 0 Å². The number of allylic oxidation sites excluding steroid dienone is 2. The molecule has 0 aromatic rings. The summed E-state index contributed by atoms with van der Waals surface area (Å²) in [7, 11) is -0.730. The number of fused-ring (bicyclic) bond motifs is 2. The van der Waals surface area contributed by atoms with Crippen LogP contribution in [0.5, 0.6) is 0 Å². The largest absolute Gasteiger partial charge is 0.379 e. The normalized spacial score (nSPS) is 42.2. The molecular formula is C20H34N2O3S. The lowest BCUT2D eigenvalue weighted by Crippen LogP contribution is -2.52. The van der Waals surface area contributed by atoms with E-state index >= 15 is 0 Å². The lowest BCUT2D eigenvalue weighted by Gasteiger charge is -2.39. The van der Waals surface area contributed by atoms with E-state index in [-0.39, 0.29) is 0 Å². The second-order valence-electron chi connectivity index (χ2n) is 8.04. The van der Waals surface area contributed by atoms with Gasteiger partial charge in [0.15, 0.2) is 0 Å². The predicted molar refractivity (Wildman–Crippen MR) is 105 cm³/mol. The van der Waals surface area contributed by atoms with E-state index in [1.54, 1.807) is 0 Å². The van der Waals surface area contributed by atoms with Gasteiger partial charge in [0.1, 0.15) is 0 Å². The van der Waals surface area contributed by atoms with Crippen LogP contribution in [0.1, 0.15) is 38.5 Å². The number of hydrogen-bond donors (Lipinski definition) is 0. The van der Waals surface area contributed by atoms with Crippen LogP contribution >= 0.6 is 0 Å². The first-order valence-electron chi connectivity index (χ1n) is 10.5. The lowest BCUT2D eigenvalue weighted by molar-refractivity contribution is 0.0133. The molecule has 0 aromatic heterocycles. The molecule has 4 rings (SSSR count). The van der Waals surface area contributed by atoms with E-state index in [1.165, 1.54) is 0 Å². The molecule has 6 heteroatoms. The summed E-state index contributed by atoms with van der Waals surface area (Å²) in [5, 5.41) is 0.682. The number of hydrogen-bond acceptors (Lipinski definition) is 5. The predicted octanol–water partition coefficient (Wildman–Crippen LogP) is 1.80. The maximum atomic E-state index is 13.6. The Kier molecular flexibility index (Phi) is 6.81. The van der Waals surface area contributed by atoms with Crippen molar-refractivity contribution in [2.24, 2.45) is 0 Å². The van der Waals surface area contributed by atoms with Crippen molar-refractivity contribution in [2.75, 3.05) is 52.6 Å². The molecule has 0 saturated carbocycles. The number of nitrogens with zero attached hydrogens (tertiary/aromatic N) is 2. The Morgan fingerprint density at radius 2 is 1.12 bits per heavy atom. The molecule has 0 radical (unpaired) electrons. The van der Waals surface area contributed by atoms with E-state index in [4.69, 9.17) is 9.47 Å². The standard InChI is InChI=1S/C20H34N2O3S/c23-26-19-7-8-20(26)18(22-11-15-25-16-12-22)6-4-2-1-3-5-17(19)21-9-13-24-14-10-21/h1-2,17-20H,3-16H2/b2-1+. The average molecular weight is 383 g/mol. The van der Waals surface area contributed by atoms with Crippen LogP contribution in [0, 0.1) is 0 Å². The van der Waals surface area contributed by atoms with Gasteiger partial charge in [0.2, 0.25) is 0 Å². The molecule has 148 valence electrons. The van der Waals surface area contributed by atoms with Crippen molar-refractivity contribution in [3.63, 3.8) is 0 Å². The van der Waals surface area contributed by atoms with Gasteiger partial charge < -0.3 is 9.47 Å². The van der Waals surface area contributed by atoms with Gasteiger partial charge in [-0.05, 0) is 38.5 Å². The SMILES string of the molecule is O=S1C2CCC1C(N1CCOCC1)CC/C=C/CCC2N1CCOCC1. The molecule has 4 atom stereocenters. The summed E-state index contributed by atoms with van der Waals surface area (Å²) in [6.07, 6.45) is 11.5. The summed E-state index contributed by atoms with van der Waals surface area (Å²) >= 11 is 0. The quantitative estimate of drug-likeness (QED) is 0.681. The molecule has 0 spiro atoms. The molecule has 3 fully saturated rings. The molecule has 4 heterocycles. The van der Waals surface area contributed by atoms with Gasteiger partial charge in [0.05, 0.1) is 36.9 Å². The zero-order valence-electron chi connectivity index (χ0n) is 15.9. The fourth-order valence-corrected chi connectivity index (χ4v) is 7.70. The van der Waals surface area contributed by atoms with E-state index in [2.05, 4.69) is 22.0 Å². The van der Waals surface area contributed by atoms with Crippen molar-refractivity contribution in [3.05, 3.63) is 12.2 Å². The third-order valence-corrected chi connectivity index (χ3v) is 8.94. The molecule has 0 amide bonds. The average Bonchev–Trinajstić information content (AvgIpc) is 3.04. The van der Waals surface area contributed by atoms with Gasteiger partial charge in [-0.25, -0.2) is 0 Å². The van der Waals surface area contributed by atoms with Gasteiger partial charge in [-0.2, -0.15) is 0 Å². The zero-order chi connectivity index (χ0) is 17.8. The summed E-state index contributed by atoms with van der Waals surface area (Å²) < 4.78 is 24.7. The first-order chi connectivity index (χ1) is 12.8. The fourth-order valence-electron chi connectivity index (χ4n) is 5.27. The summed E-state index contributed by atoms with van der Waals surface area (Å²) in [5.41, 5.74) is 0. The van der Waals surface area contributed by atoms with Gasteiger partial charge in [-0.1, -0.05) is 12.2 Å². The van der Waals surface area contributed by atoms with Gasteiger partial charge >= 0.3 is 0 Å². The van der Waals surface area contributed by atoms with Crippen LogP contribution in [-0.2, 0) is 20.3 Å². The van der Waals surface area contributed by atoms with Gasteiger partial charge in [-0.3, -0.25) is 14.0 Å². The zero-order valence-corrected chi connectivity index (χ0v) is 16.7. The van der Waals surface area contributed by atoms with E-state index in [0.29, 0.717) is 22.6 Å². The lowest BCUT2D eigenvalue weighted by atomic mass is 9.96. The highest BCUT2D eigenvalue weighted by Crippen LogP contribution is 2.35. The van der Waals surface area contributed by atoms with Crippen molar-refractivity contribution in [1.82, 2.24) is 9.80 Å². The Balaban J connectivity index is 1.53. The Hall–Kier alpha value is -0.270. The van der Waals surface area contributed by atoms with Crippen LogP contribution in [0.15, 0.2) is 12.2 Å². The maximum Gasteiger partial charge on any atom is 0.0594 e. The van der Waals surface area contributed by atoms with Crippen LogP contribution in [-0.4, -0.2) is 89.2 Å². The second-order valence-corrected chi connectivity index (χ2v) is 9.91. The summed E-state index contributed by atoms with van der Waals surface area (Å²) in [6, 6.07) is 0.913. The maximum absolute atomic E-state index is 13.6. The number of rotatable bonds is 2. The number of ether oxygens (including phenoxy) is 2. The van der Waals surface area contributed by atoms with E-state index < -0.39 is 10.8 Å². The molecule has 4 aliphatic rings. The molecular weight excluding hydrogens is 348 g/mol. The summed E-state index contributed by atoms with van der Waals surface area (Å²) in [4.78, 5) is 5.15. The molecule has 0 N–H and O–H groups in total. The van der Waals surface area contributed by atoms with Crippen molar-refractivity contribution in [3.8, 4) is 0 Å². The Bertz CT molecular complexity index is 461. The van der Waals surface area contributed by atoms with E-state index in [0.717, 1.165) is 91.1 Å². The van der Waals surface area contributed by atoms with Gasteiger partial charge in [-0.15, -0.1) is 0 Å². The first kappa shape index (κ1) is 19.1. The Morgan fingerprint density at radius 1 is 0.692 bits per heavy atom. The highest BCUT2D eigenvalue weighted by Gasteiger charge is 2.44.